The second-order valence-corrected chi connectivity index (χ2v) is 7.11. The summed E-state index contributed by atoms with van der Waals surface area (Å²) in [5, 5.41) is 9.14. The molecule has 3 rings (SSSR count). The van der Waals surface area contributed by atoms with Gasteiger partial charge in [0.2, 0.25) is 0 Å². The van der Waals surface area contributed by atoms with Gasteiger partial charge in [0, 0.05) is 11.6 Å². The number of rotatable bonds is 6. The molecule has 0 bridgehead atoms. The number of benzene rings is 1. The molecule has 6 heteroatoms. The SMILES string of the molecule is CCOC(=O)[C@@H](C)Sc1nnc(C2CC2)n1-c1ccc(C)cc1. The number of aromatic nitrogens is 3. The number of nitrogens with zero attached hydrogens (tertiary/aromatic N) is 3. The first kappa shape index (κ1) is 16.1. The highest BCUT2D eigenvalue weighted by Gasteiger charge is 2.32. The van der Waals surface area contributed by atoms with Crippen molar-refractivity contribution >= 4 is 17.7 Å². The molecule has 2 aromatic rings. The van der Waals surface area contributed by atoms with E-state index >= 15 is 0 Å². The second-order valence-electron chi connectivity index (χ2n) is 5.80. The van der Waals surface area contributed by atoms with Gasteiger partial charge in [0.1, 0.15) is 11.1 Å². The van der Waals surface area contributed by atoms with E-state index in [1.54, 1.807) is 0 Å². The van der Waals surface area contributed by atoms with Crippen molar-refractivity contribution in [3.05, 3.63) is 35.7 Å². The zero-order valence-corrected chi connectivity index (χ0v) is 14.5. The number of aryl methyl sites for hydroxylation is 1. The van der Waals surface area contributed by atoms with Crippen molar-refractivity contribution in [2.75, 3.05) is 6.61 Å². The van der Waals surface area contributed by atoms with Gasteiger partial charge in [-0.15, -0.1) is 10.2 Å². The van der Waals surface area contributed by atoms with E-state index in [9.17, 15) is 4.79 Å². The van der Waals surface area contributed by atoms with Gasteiger partial charge in [-0.3, -0.25) is 9.36 Å². The van der Waals surface area contributed by atoms with Gasteiger partial charge >= 0.3 is 5.97 Å². The lowest BCUT2D eigenvalue weighted by molar-refractivity contribution is -0.142. The van der Waals surface area contributed by atoms with Crippen molar-refractivity contribution in [3.8, 4) is 5.69 Å². The lowest BCUT2D eigenvalue weighted by Crippen LogP contribution is -2.17. The molecule has 1 aliphatic rings. The number of carbonyl (C=O) groups excluding carboxylic acids is 1. The van der Waals surface area contributed by atoms with Crippen LogP contribution in [0.2, 0.25) is 0 Å². The second kappa shape index (κ2) is 6.74. The summed E-state index contributed by atoms with van der Waals surface area (Å²) in [7, 11) is 0. The van der Waals surface area contributed by atoms with Crippen LogP contribution in [0.1, 0.15) is 44.0 Å². The molecule has 0 saturated heterocycles. The molecule has 1 heterocycles. The van der Waals surface area contributed by atoms with Gasteiger partial charge in [-0.2, -0.15) is 0 Å². The average Bonchev–Trinajstić information content (AvgIpc) is 3.30. The first-order valence-electron chi connectivity index (χ1n) is 7.95. The monoisotopic (exact) mass is 331 g/mol. The molecule has 0 spiro atoms. The molecule has 122 valence electrons. The fraction of sp³-hybridized carbons (Fsp3) is 0.471. The molecule has 0 N–H and O–H groups in total. The van der Waals surface area contributed by atoms with Crippen LogP contribution in [-0.4, -0.2) is 32.6 Å². The van der Waals surface area contributed by atoms with Crippen LogP contribution >= 0.6 is 11.8 Å². The van der Waals surface area contributed by atoms with Gasteiger partial charge in [-0.1, -0.05) is 29.5 Å². The molecule has 0 amide bonds. The van der Waals surface area contributed by atoms with Crippen LogP contribution < -0.4 is 0 Å². The van der Waals surface area contributed by atoms with Crippen LogP contribution in [-0.2, 0) is 9.53 Å². The zero-order valence-electron chi connectivity index (χ0n) is 13.7. The lowest BCUT2D eigenvalue weighted by Gasteiger charge is -2.13. The Labute approximate surface area is 140 Å². The summed E-state index contributed by atoms with van der Waals surface area (Å²) < 4.78 is 7.17. The Balaban J connectivity index is 1.91. The summed E-state index contributed by atoms with van der Waals surface area (Å²) in [5.41, 5.74) is 2.25. The van der Waals surface area contributed by atoms with E-state index in [0.29, 0.717) is 12.5 Å². The van der Waals surface area contributed by atoms with E-state index < -0.39 is 0 Å². The van der Waals surface area contributed by atoms with E-state index in [1.807, 2.05) is 13.8 Å². The van der Waals surface area contributed by atoms with Gasteiger partial charge in [0.25, 0.3) is 0 Å². The van der Waals surface area contributed by atoms with Crippen molar-refractivity contribution in [1.82, 2.24) is 14.8 Å². The topological polar surface area (TPSA) is 57.0 Å². The fourth-order valence-corrected chi connectivity index (χ4v) is 3.24. The smallest absolute Gasteiger partial charge is 0.319 e. The number of esters is 1. The van der Waals surface area contributed by atoms with Gasteiger partial charge in [-0.25, -0.2) is 0 Å². The standard InChI is InChI=1S/C17H21N3O2S/c1-4-22-16(21)12(3)23-17-19-18-15(13-7-8-13)20(17)14-9-5-11(2)6-10-14/h5-6,9-10,12-13H,4,7-8H2,1-3H3/t12-/m1/s1. The molecule has 0 radical (unpaired) electrons. The Kier molecular flexibility index (Phi) is 4.71. The minimum Gasteiger partial charge on any atom is -0.465 e. The van der Waals surface area contributed by atoms with Crippen molar-refractivity contribution < 1.29 is 9.53 Å². The van der Waals surface area contributed by atoms with Crippen molar-refractivity contribution in [1.29, 1.82) is 0 Å². The number of hydrogen-bond donors (Lipinski definition) is 0. The van der Waals surface area contributed by atoms with Crippen molar-refractivity contribution in [3.63, 3.8) is 0 Å². The maximum Gasteiger partial charge on any atom is 0.319 e. The third kappa shape index (κ3) is 3.58. The Hall–Kier alpha value is -1.82. The number of hydrogen-bond acceptors (Lipinski definition) is 5. The predicted molar refractivity (Wildman–Crippen MR) is 90.0 cm³/mol. The molecule has 1 aromatic carbocycles. The highest BCUT2D eigenvalue weighted by molar-refractivity contribution is 8.00. The molecule has 1 fully saturated rings. The van der Waals surface area contributed by atoms with Gasteiger partial charge in [0.15, 0.2) is 5.16 Å². The Morgan fingerprint density at radius 1 is 1.35 bits per heavy atom. The Morgan fingerprint density at radius 2 is 2.04 bits per heavy atom. The minimum absolute atomic E-state index is 0.219. The molecular weight excluding hydrogens is 310 g/mol. The number of thioether (sulfide) groups is 1. The predicted octanol–water partition coefficient (Wildman–Crippen LogP) is 3.50. The quantitative estimate of drug-likeness (QED) is 0.599. The van der Waals surface area contributed by atoms with Crippen LogP contribution in [0.3, 0.4) is 0 Å². The van der Waals surface area contributed by atoms with E-state index in [0.717, 1.165) is 29.5 Å². The molecule has 1 aromatic heterocycles. The van der Waals surface area contributed by atoms with Crippen molar-refractivity contribution in [2.24, 2.45) is 0 Å². The van der Waals surface area contributed by atoms with Gasteiger partial charge in [-0.05, 0) is 45.7 Å². The molecule has 1 aliphatic carbocycles. The summed E-state index contributed by atoms with van der Waals surface area (Å²) in [6.07, 6.45) is 2.31. The summed E-state index contributed by atoms with van der Waals surface area (Å²) in [6, 6.07) is 8.30. The third-order valence-electron chi connectivity index (χ3n) is 3.79. The summed E-state index contributed by atoms with van der Waals surface area (Å²) in [5.74, 6) is 1.26. The first-order valence-corrected chi connectivity index (χ1v) is 8.83. The Bertz CT molecular complexity index is 692. The fourth-order valence-electron chi connectivity index (χ4n) is 2.37. The maximum atomic E-state index is 11.9. The van der Waals surface area contributed by atoms with Gasteiger partial charge < -0.3 is 4.74 Å². The normalized spacial score (nSPS) is 15.4. The molecular formula is C17H21N3O2S. The zero-order chi connectivity index (χ0) is 16.4. The average molecular weight is 331 g/mol. The lowest BCUT2D eigenvalue weighted by atomic mass is 10.2. The van der Waals surface area contributed by atoms with Gasteiger partial charge in [0.05, 0.1) is 6.61 Å². The highest BCUT2D eigenvalue weighted by atomic mass is 32.2. The molecule has 1 atom stereocenters. The van der Waals surface area contributed by atoms with Crippen LogP contribution in [0.25, 0.3) is 5.69 Å². The molecule has 23 heavy (non-hydrogen) atoms. The summed E-state index contributed by atoms with van der Waals surface area (Å²) in [4.78, 5) is 11.9. The maximum absolute atomic E-state index is 11.9. The van der Waals surface area contributed by atoms with E-state index in [2.05, 4.69) is 46.0 Å². The molecule has 0 aliphatic heterocycles. The van der Waals surface area contributed by atoms with E-state index in [4.69, 9.17) is 4.74 Å². The molecule has 1 saturated carbocycles. The summed E-state index contributed by atoms with van der Waals surface area (Å²) in [6.45, 7) is 6.11. The van der Waals surface area contributed by atoms with Crippen LogP contribution in [0.15, 0.2) is 29.4 Å². The van der Waals surface area contributed by atoms with Crippen LogP contribution in [0, 0.1) is 6.92 Å². The molecule has 0 unspecified atom stereocenters. The Morgan fingerprint density at radius 3 is 2.65 bits per heavy atom. The number of ether oxygens (including phenoxy) is 1. The molecule has 5 nitrogen and oxygen atoms in total. The largest absolute Gasteiger partial charge is 0.465 e. The number of carbonyl (C=O) groups is 1. The first-order chi connectivity index (χ1) is 11.1. The van der Waals surface area contributed by atoms with E-state index in [1.165, 1.54) is 17.3 Å². The van der Waals surface area contributed by atoms with Crippen LogP contribution in [0.4, 0.5) is 0 Å². The van der Waals surface area contributed by atoms with E-state index in [-0.39, 0.29) is 11.2 Å². The van der Waals surface area contributed by atoms with Crippen molar-refractivity contribution in [2.45, 2.75) is 49.9 Å². The third-order valence-corrected chi connectivity index (χ3v) is 4.81. The highest BCUT2D eigenvalue weighted by Crippen LogP contribution is 2.41. The van der Waals surface area contributed by atoms with Crippen LogP contribution in [0.5, 0.6) is 0 Å². The summed E-state index contributed by atoms with van der Waals surface area (Å²) >= 11 is 1.40. The minimum atomic E-state index is -0.310.